The van der Waals surface area contributed by atoms with Gasteiger partial charge in [-0.2, -0.15) is 0 Å². The molecule has 2 nitrogen and oxygen atoms in total. The SMILES string of the molecule is c1ccc(N(c2ccccc2)c2cccc3c2C(c2ccccc2)(c2ccccc2)c2cccc4c2B3c2cccc3c5ccccc5n-4c23)cc1. The standard InChI is InChI=1S/C49H33BN2/c1-5-18-34(19-6-1)49(35-20-7-2-8-21-35)40-28-16-33-45-47(40)50(42-30-15-27-39-38-26-13-14-31-43(38)52(45)48(39)42)41-29-17-32-44(46(41)49)51(36-22-9-3-10-23-36)37-24-11-4-12-25-37/h1-33H. The molecule has 0 saturated carbocycles. The van der Waals surface area contributed by atoms with Gasteiger partial charge in [-0.3, -0.25) is 0 Å². The summed E-state index contributed by atoms with van der Waals surface area (Å²) in [6.45, 7) is 0.0376. The van der Waals surface area contributed by atoms with Crippen LogP contribution in [0.2, 0.25) is 0 Å². The van der Waals surface area contributed by atoms with Crippen LogP contribution in [0.25, 0.3) is 27.5 Å². The number of nitrogens with zero attached hydrogens (tertiary/aromatic N) is 2. The van der Waals surface area contributed by atoms with Crippen LogP contribution in [0.4, 0.5) is 17.1 Å². The van der Waals surface area contributed by atoms with E-state index in [2.05, 4.69) is 210 Å². The Labute approximate surface area is 303 Å². The van der Waals surface area contributed by atoms with Crippen molar-refractivity contribution in [2.45, 2.75) is 5.41 Å². The maximum Gasteiger partial charge on any atom is 0.247 e. The van der Waals surface area contributed by atoms with E-state index in [0.717, 1.165) is 11.4 Å². The highest BCUT2D eigenvalue weighted by Gasteiger charge is 2.52. The van der Waals surface area contributed by atoms with E-state index in [1.54, 1.807) is 0 Å². The highest BCUT2D eigenvalue weighted by Crippen LogP contribution is 2.52. The van der Waals surface area contributed by atoms with Crippen molar-refractivity contribution in [1.82, 2.24) is 4.57 Å². The fraction of sp³-hybridized carbons (Fsp3) is 0.0204. The molecular formula is C49H33BN2. The molecule has 2 aliphatic rings. The first kappa shape index (κ1) is 29.2. The van der Waals surface area contributed by atoms with Crippen LogP contribution < -0.4 is 21.3 Å². The molecule has 0 spiro atoms. The maximum absolute atomic E-state index is 2.55. The van der Waals surface area contributed by atoms with E-state index >= 15 is 0 Å². The zero-order valence-electron chi connectivity index (χ0n) is 28.5. The lowest BCUT2D eigenvalue weighted by molar-refractivity contribution is 0.749. The van der Waals surface area contributed by atoms with Gasteiger partial charge in [0.2, 0.25) is 6.71 Å². The predicted octanol–water partition coefficient (Wildman–Crippen LogP) is 9.78. The van der Waals surface area contributed by atoms with Gasteiger partial charge in [0.05, 0.1) is 16.6 Å². The largest absolute Gasteiger partial charge is 0.310 e. The van der Waals surface area contributed by atoms with Gasteiger partial charge in [-0.15, -0.1) is 0 Å². The van der Waals surface area contributed by atoms with Gasteiger partial charge in [0.1, 0.15) is 0 Å². The molecule has 0 radical (unpaired) electrons. The molecule has 3 heteroatoms. The summed E-state index contributed by atoms with van der Waals surface area (Å²) in [6, 6.07) is 74.1. The van der Waals surface area contributed by atoms with Gasteiger partial charge in [-0.05, 0) is 75.6 Å². The second-order valence-electron chi connectivity index (χ2n) is 14.0. The predicted molar refractivity (Wildman–Crippen MR) is 218 cm³/mol. The van der Waals surface area contributed by atoms with E-state index in [0.29, 0.717) is 0 Å². The average molecular weight is 661 g/mol. The van der Waals surface area contributed by atoms with Crippen molar-refractivity contribution in [3.8, 4) is 5.69 Å². The molecule has 0 unspecified atom stereocenters. The maximum atomic E-state index is 2.55. The lowest BCUT2D eigenvalue weighted by atomic mass is 9.29. The smallest absolute Gasteiger partial charge is 0.247 e. The first-order chi connectivity index (χ1) is 25.9. The molecule has 0 atom stereocenters. The summed E-state index contributed by atoms with van der Waals surface area (Å²) >= 11 is 0. The molecular weight excluding hydrogens is 627 g/mol. The van der Waals surface area contributed by atoms with Crippen LogP contribution in [-0.4, -0.2) is 11.3 Å². The minimum absolute atomic E-state index is 0.0376. The number of aromatic nitrogens is 1. The number of fused-ring (bicyclic) bond motifs is 7. The Balaban J connectivity index is 1.37. The molecule has 0 aliphatic carbocycles. The number of anilines is 3. The van der Waals surface area contributed by atoms with Gasteiger partial charge in [-0.1, -0.05) is 163 Å². The van der Waals surface area contributed by atoms with Gasteiger partial charge >= 0.3 is 0 Å². The summed E-state index contributed by atoms with van der Waals surface area (Å²) < 4.78 is 2.55. The summed E-state index contributed by atoms with van der Waals surface area (Å²) in [5.41, 5.74) is 15.9. The molecule has 0 fully saturated rings. The molecule has 0 N–H and O–H groups in total. The first-order valence-electron chi connectivity index (χ1n) is 18.2. The molecule has 9 aromatic rings. The summed E-state index contributed by atoms with van der Waals surface area (Å²) in [7, 11) is 0. The molecule has 0 saturated heterocycles. The number of hydrogen-bond donors (Lipinski definition) is 0. The van der Waals surface area contributed by atoms with Crippen LogP contribution >= 0.6 is 0 Å². The van der Waals surface area contributed by atoms with Crippen molar-refractivity contribution < 1.29 is 0 Å². The number of hydrogen-bond acceptors (Lipinski definition) is 1. The molecule has 11 rings (SSSR count). The lowest BCUT2D eigenvalue weighted by Crippen LogP contribution is -2.64. The van der Waals surface area contributed by atoms with Crippen molar-refractivity contribution in [2.75, 3.05) is 4.90 Å². The lowest BCUT2D eigenvalue weighted by Gasteiger charge is -2.48. The Hall–Kier alpha value is -6.58. The highest BCUT2D eigenvalue weighted by molar-refractivity contribution is 6.99. The molecule has 1 aromatic heterocycles. The van der Waals surface area contributed by atoms with Gasteiger partial charge in [-0.25, -0.2) is 0 Å². The number of benzene rings is 8. The van der Waals surface area contributed by atoms with Crippen LogP contribution in [0.1, 0.15) is 22.3 Å². The molecule has 0 bridgehead atoms. The second kappa shape index (κ2) is 11.2. The van der Waals surface area contributed by atoms with Gasteiger partial charge in [0.15, 0.2) is 0 Å². The summed E-state index contributed by atoms with van der Waals surface area (Å²) in [5, 5.41) is 2.60. The Morgan fingerprint density at radius 2 is 0.981 bits per heavy atom. The molecule has 52 heavy (non-hydrogen) atoms. The van der Waals surface area contributed by atoms with E-state index in [1.807, 2.05) is 0 Å². The van der Waals surface area contributed by atoms with Crippen LogP contribution in [0.15, 0.2) is 200 Å². The van der Waals surface area contributed by atoms with Crippen molar-refractivity contribution in [2.24, 2.45) is 0 Å². The van der Waals surface area contributed by atoms with Gasteiger partial charge in [0, 0.05) is 33.4 Å². The first-order valence-corrected chi connectivity index (χ1v) is 18.2. The fourth-order valence-corrected chi connectivity index (χ4v) is 9.64. The van der Waals surface area contributed by atoms with E-state index in [1.165, 1.54) is 71.8 Å². The zero-order valence-corrected chi connectivity index (χ0v) is 28.5. The summed E-state index contributed by atoms with van der Waals surface area (Å²) in [6.07, 6.45) is 0. The molecule has 242 valence electrons. The third-order valence-corrected chi connectivity index (χ3v) is 11.5. The monoisotopic (exact) mass is 660 g/mol. The minimum atomic E-state index is -0.632. The van der Waals surface area contributed by atoms with E-state index in [9.17, 15) is 0 Å². The number of rotatable bonds is 5. The second-order valence-corrected chi connectivity index (χ2v) is 14.0. The van der Waals surface area contributed by atoms with Crippen molar-refractivity contribution >= 4 is 62.0 Å². The van der Waals surface area contributed by atoms with Gasteiger partial charge in [0.25, 0.3) is 0 Å². The van der Waals surface area contributed by atoms with Crippen LogP contribution in [0.5, 0.6) is 0 Å². The molecule has 8 aromatic carbocycles. The average Bonchev–Trinajstić information content (AvgIpc) is 3.56. The highest BCUT2D eigenvalue weighted by atomic mass is 15.1. The summed E-state index contributed by atoms with van der Waals surface area (Å²) in [4.78, 5) is 2.47. The van der Waals surface area contributed by atoms with Crippen LogP contribution in [-0.2, 0) is 5.41 Å². The third-order valence-electron chi connectivity index (χ3n) is 11.5. The minimum Gasteiger partial charge on any atom is -0.310 e. The topological polar surface area (TPSA) is 8.17 Å². The Bertz CT molecular complexity index is 2710. The Morgan fingerprint density at radius 3 is 1.65 bits per heavy atom. The van der Waals surface area contributed by atoms with Gasteiger partial charge < -0.3 is 9.47 Å². The fourth-order valence-electron chi connectivity index (χ4n) is 9.64. The Kier molecular flexibility index (Phi) is 6.29. The number of para-hydroxylation sites is 4. The quantitative estimate of drug-likeness (QED) is 0.167. The van der Waals surface area contributed by atoms with Crippen LogP contribution in [0.3, 0.4) is 0 Å². The van der Waals surface area contributed by atoms with Crippen molar-refractivity contribution in [3.05, 3.63) is 222 Å². The third kappa shape index (κ3) is 3.85. The van der Waals surface area contributed by atoms with E-state index in [4.69, 9.17) is 0 Å². The Morgan fingerprint density at radius 1 is 0.442 bits per heavy atom. The van der Waals surface area contributed by atoms with Crippen molar-refractivity contribution in [3.63, 3.8) is 0 Å². The molecule has 0 amide bonds. The van der Waals surface area contributed by atoms with E-state index in [-0.39, 0.29) is 6.71 Å². The van der Waals surface area contributed by atoms with E-state index < -0.39 is 5.41 Å². The molecule has 3 heterocycles. The molecule has 2 aliphatic heterocycles. The van der Waals surface area contributed by atoms with Crippen molar-refractivity contribution in [1.29, 1.82) is 0 Å². The van der Waals surface area contributed by atoms with Crippen LogP contribution in [0, 0.1) is 0 Å². The summed E-state index contributed by atoms with van der Waals surface area (Å²) in [5.74, 6) is 0. The zero-order chi connectivity index (χ0) is 34.2. The normalized spacial score (nSPS) is 13.5.